The van der Waals surface area contributed by atoms with Crippen molar-refractivity contribution in [2.45, 2.75) is 25.9 Å². The molecule has 25 heavy (non-hydrogen) atoms. The molecule has 0 aromatic heterocycles. The highest BCUT2D eigenvalue weighted by molar-refractivity contribution is 6.42. The smallest absolute Gasteiger partial charge is 0.234 e. The summed E-state index contributed by atoms with van der Waals surface area (Å²) in [5, 5.41) is 7.13. The van der Waals surface area contributed by atoms with Gasteiger partial charge in [0.2, 0.25) is 5.91 Å². The van der Waals surface area contributed by atoms with E-state index in [0.717, 1.165) is 16.9 Å². The zero-order valence-corrected chi connectivity index (χ0v) is 16.0. The van der Waals surface area contributed by atoms with Crippen LogP contribution in [-0.2, 0) is 4.79 Å². The Morgan fingerprint density at radius 3 is 2.48 bits per heavy atom. The van der Waals surface area contributed by atoms with E-state index in [1.807, 2.05) is 44.2 Å². The molecule has 0 spiro atoms. The van der Waals surface area contributed by atoms with Gasteiger partial charge in [0.25, 0.3) is 0 Å². The molecule has 2 atom stereocenters. The van der Waals surface area contributed by atoms with E-state index in [4.69, 9.17) is 27.9 Å². The number of hydrogen-bond acceptors (Lipinski definition) is 3. The molecule has 0 aliphatic carbocycles. The Morgan fingerprint density at radius 2 is 1.80 bits per heavy atom. The third-order valence-corrected chi connectivity index (χ3v) is 4.73. The normalized spacial score (nSPS) is 13.2. The summed E-state index contributed by atoms with van der Waals surface area (Å²) in [6.07, 6.45) is 0. The Kier molecular flexibility index (Phi) is 7.12. The second-order valence-electron chi connectivity index (χ2n) is 5.81. The molecule has 0 heterocycles. The van der Waals surface area contributed by atoms with Crippen molar-refractivity contribution >= 4 is 29.1 Å². The van der Waals surface area contributed by atoms with Crippen LogP contribution in [0.3, 0.4) is 0 Å². The highest BCUT2D eigenvalue weighted by Gasteiger charge is 2.14. The van der Waals surface area contributed by atoms with E-state index < -0.39 is 0 Å². The predicted molar refractivity (Wildman–Crippen MR) is 102 cm³/mol. The first-order chi connectivity index (χ1) is 11.9. The van der Waals surface area contributed by atoms with Crippen molar-refractivity contribution in [2.75, 3.05) is 13.7 Å². The molecule has 0 fully saturated rings. The summed E-state index contributed by atoms with van der Waals surface area (Å²) in [5.74, 6) is 0.701. The van der Waals surface area contributed by atoms with E-state index in [1.54, 1.807) is 19.2 Å². The van der Waals surface area contributed by atoms with Crippen molar-refractivity contribution in [2.24, 2.45) is 0 Å². The summed E-state index contributed by atoms with van der Waals surface area (Å²) in [7, 11) is 1.64. The first-order valence-electron chi connectivity index (χ1n) is 8.03. The Morgan fingerprint density at radius 1 is 1.08 bits per heavy atom. The van der Waals surface area contributed by atoms with Gasteiger partial charge in [-0.05, 0) is 37.6 Å². The third-order valence-electron chi connectivity index (χ3n) is 4.00. The first-order valence-corrected chi connectivity index (χ1v) is 8.78. The number of ether oxygens (including phenoxy) is 1. The highest BCUT2D eigenvalue weighted by atomic mass is 35.5. The van der Waals surface area contributed by atoms with Crippen LogP contribution in [0.5, 0.6) is 5.75 Å². The van der Waals surface area contributed by atoms with E-state index in [2.05, 4.69) is 10.6 Å². The monoisotopic (exact) mass is 380 g/mol. The molecule has 0 aliphatic heterocycles. The Hall–Kier alpha value is -1.75. The van der Waals surface area contributed by atoms with E-state index in [0.29, 0.717) is 10.0 Å². The average Bonchev–Trinajstić information content (AvgIpc) is 2.61. The maximum absolute atomic E-state index is 12.2. The summed E-state index contributed by atoms with van der Waals surface area (Å²) < 4.78 is 5.35. The van der Waals surface area contributed by atoms with Crippen molar-refractivity contribution in [1.82, 2.24) is 10.6 Å². The molecule has 0 saturated heterocycles. The van der Waals surface area contributed by atoms with Gasteiger partial charge < -0.3 is 15.4 Å². The second-order valence-corrected chi connectivity index (χ2v) is 6.62. The van der Waals surface area contributed by atoms with Gasteiger partial charge in [0.05, 0.1) is 29.7 Å². The SMILES string of the molecule is COc1ccccc1[C@@H](C)NCC(=O)N[C@@H](C)c1ccc(Cl)c(Cl)c1. The second kappa shape index (κ2) is 9.09. The van der Waals surface area contributed by atoms with Crippen LogP contribution in [0.1, 0.15) is 37.1 Å². The van der Waals surface area contributed by atoms with Crippen LogP contribution in [0.2, 0.25) is 10.0 Å². The van der Waals surface area contributed by atoms with Crippen LogP contribution >= 0.6 is 23.2 Å². The number of carbonyl (C=O) groups excluding carboxylic acids is 1. The van der Waals surface area contributed by atoms with E-state index in [-0.39, 0.29) is 24.5 Å². The summed E-state index contributed by atoms with van der Waals surface area (Å²) in [6.45, 7) is 4.10. The fourth-order valence-corrected chi connectivity index (χ4v) is 2.84. The maximum Gasteiger partial charge on any atom is 0.234 e. The molecule has 2 aromatic carbocycles. The minimum Gasteiger partial charge on any atom is -0.496 e. The molecule has 1 amide bonds. The van der Waals surface area contributed by atoms with E-state index >= 15 is 0 Å². The lowest BCUT2D eigenvalue weighted by atomic mass is 10.1. The van der Waals surface area contributed by atoms with Gasteiger partial charge in [-0.15, -0.1) is 0 Å². The molecule has 134 valence electrons. The van der Waals surface area contributed by atoms with Crippen LogP contribution < -0.4 is 15.4 Å². The summed E-state index contributed by atoms with van der Waals surface area (Å²) in [4.78, 5) is 12.2. The van der Waals surface area contributed by atoms with Crippen LogP contribution in [0.25, 0.3) is 0 Å². The first kappa shape index (κ1) is 19.6. The number of amides is 1. The number of halogens is 2. The summed E-state index contributed by atoms with van der Waals surface area (Å²) in [5.41, 5.74) is 1.91. The van der Waals surface area contributed by atoms with Gasteiger partial charge in [0.15, 0.2) is 0 Å². The largest absolute Gasteiger partial charge is 0.496 e. The number of para-hydroxylation sites is 1. The molecular formula is C19H22Cl2N2O2. The lowest BCUT2D eigenvalue weighted by Gasteiger charge is -2.19. The summed E-state index contributed by atoms with van der Waals surface area (Å²) >= 11 is 11.9. The lowest BCUT2D eigenvalue weighted by molar-refractivity contribution is -0.121. The standard InChI is InChI=1S/C19H22Cl2N2O2/c1-12(14-8-9-16(20)17(21)10-14)23-19(24)11-22-13(2)15-6-4-5-7-18(15)25-3/h4-10,12-13,22H,11H2,1-3H3,(H,23,24)/t12-,13+/m0/s1. The van der Waals surface area contributed by atoms with Crippen molar-refractivity contribution < 1.29 is 9.53 Å². The van der Waals surface area contributed by atoms with Crippen molar-refractivity contribution in [1.29, 1.82) is 0 Å². The molecule has 4 nitrogen and oxygen atoms in total. The average molecular weight is 381 g/mol. The molecule has 0 saturated carbocycles. The maximum atomic E-state index is 12.2. The number of methoxy groups -OCH3 is 1. The quantitative estimate of drug-likeness (QED) is 0.741. The Balaban J connectivity index is 1.90. The molecule has 2 aromatic rings. The van der Waals surface area contributed by atoms with Crippen LogP contribution in [-0.4, -0.2) is 19.6 Å². The molecule has 0 radical (unpaired) electrons. The third kappa shape index (κ3) is 5.36. The van der Waals surface area contributed by atoms with Gasteiger partial charge in [-0.25, -0.2) is 0 Å². The van der Waals surface area contributed by atoms with Crippen LogP contribution in [0, 0.1) is 0 Å². The molecule has 0 bridgehead atoms. The number of hydrogen-bond donors (Lipinski definition) is 2. The van der Waals surface area contributed by atoms with Gasteiger partial charge in [-0.3, -0.25) is 4.79 Å². The summed E-state index contributed by atoms with van der Waals surface area (Å²) in [6, 6.07) is 12.9. The van der Waals surface area contributed by atoms with E-state index in [9.17, 15) is 4.79 Å². The van der Waals surface area contributed by atoms with Crippen LogP contribution in [0.15, 0.2) is 42.5 Å². The van der Waals surface area contributed by atoms with Gasteiger partial charge in [-0.2, -0.15) is 0 Å². The zero-order chi connectivity index (χ0) is 18.4. The molecule has 2 rings (SSSR count). The zero-order valence-electron chi connectivity index (χ0n) is 14.5. The number of benzene rings is 2. The van der Waals surface area contributed by atoms with Gasteiger partial charge in [0.1, 0.15) is 5.75 Å². The fraction of sp³-hybridized carbons (Fsp3) is 0.316. The van der Waals surface area contributed by atoms with E-state index in [1.165, 1.54) is 0 Å². The molecule has 2 N–H and O–H groups in total. The number of rotatable bonds is 7. The highest BCUT2D eigenvalue weighted by Crippen LogP contribution is 2.26. The van der Waals surface area contributed by atoms with Gasteiger partial charge >= 0.3 is 0 Å². The topological polar surface area (TPSA) is 50.4 Å². The number of nitrogens with one attached hydrogen (secondary N) is 2. The van der Waals surface area contributed by atoms with Gasteiger partial charge in [-0.1, -0.05) is 47.5 Å². The fourth-order valence-electron chi connectivity index (χ4n) is 2.54. The van der Waals surface area contributed by atoms with Crippen molar-refractivity contribution in [3.63, 3.8) is 0 Å². The molecule has 0 aliphatic rings. The molecule has 6 heteroatoms. The van der Waals surface area contributed by atoms with Crippen LogP contribution in [0.4, 0.5) is 0 Å². The predicted octanol–water partition coefficient (Wildman–Crippen LogP) is 4.53. The lowest BCUT2D eigenvalue weighted by Crippen LogP contribution is -2.36. The Bertz CT molecular complexity index is 737. The Labute approximate surface area is 158 Å². The minimum atomic E-state index is -0.161. The van der Waals surface area contributed by atoms with Gasteiger partial charge in [0, 0.05) is 11.6 Å². The molecular weight excluding hydrogens is 359 g/mol. The van der Waals surface area contributed by atoms with Crippen molar-refractivity contribution in [3.05, 3.63) is 63.6 Å². The number of carbonyl (C=O) groups is 1. The minimum absolute atomic E-state index is 0.0119. The van der Waals surface area contributed by atoms with Crippen molar-refractivity contribution in [3.8, 4) is 5.75 Å². The molecule has 0 unspecified atom stereocenters.